The van der Waals surface area contributed by atoms with Crippen LogP contribution in [0.1, 0.15) is 18.2 Å². The predicted octanol–water partition coefficient (Wildman–Crippen LogP) is 1.04. The minimum atomic E-state index is -0.107. The number of aromatic nitrogens is 2. The molecule has 2 rings (SSSR count). The average molecular weight is 244 g/mol. The van der Waals surface area contributed by atoms with Gasteiger partial charge in [-0.1, -0.05) is 15.9 Å². The van der Waals surface area contributed by atoms with Crippen molar-refractivity contribution in [1.82, 2.24) is 15.1 Å². The second-order valence-corrected chi connectivity index (χ2v) is 4.56. The number of aromatic amines is 1. The zero-order valence-corrected chi connectivity index (χ0v) is 8.84. The van der Waals surface area contributed by atoms with Gasteiger partial charge in [0.2, 0.25) is 5.91 Å². The van der Waals surface area contributed by atoms with Gasteiger partial charge in [-0.2, -0.15) is 5.10 Å². The van der Waals surface area contributed by atoms with E-state index in [0.717, 1.165) is 11.3 Å². The van der Waals surface area contributed by atoms with Crippen LogP contribution in [0.4, 0.5) is 0 Å². The molecule has 1 aliphatic heterocycles. The zero-order chi connectivity index (χ0) is 9.42. The van der Waals surface area contributed by atoms with Crippen molar-refractivity contribution in [2.24, 2.45) is 0 Å². The fraction of sp³-hybridized carbons (Fsp3) is 0.500. The third-order valence-corrected chi connectivity index (χ3v) is 2.56. The summed E-state index contributed by atoms with van der Waals surface area (Å²) in [7, 11) is 0. The van der Waals surface area contributed by atoms with Gasteiger partial charge in [-0.15, -0.1) is 0 Å². The fourth-order valence-corrected chi connectivity index (χ4v) is 1.76. The summed E-state index contributed by atoms with van der Waals surface area (Å²) in [5, 5.41) is 6.79. The summed E-state index contributed by atoms with van der Waals surface area (Å²) in [6, 6.07) is 0. The van der Waals surface area contributed by atoms with Crippen LogP contribution in [-0.2, 0) is 17.9 Å². The number of amides is 1. The first-order valence-corrected chi connectivity index (χ1v) is 5.04. The van der Waals surface area contributed by atoms with E-state index < -0.39 is 0 Å². The summed E-state index contributed by atoms with van der Waals surface area (Å²) in [5.41, 5.74) is 2.18. The monoisotopic (exact) mass is 243 g/mol. The van der Waals surface area contributed by atoms with Crippen molar-refractivity contribution in [1.29, 1.82) is 0 Å². The Balaban J connectivity index is 2.10. The quantitative estimate of drug-likeness (QED) is 0.750. The Morgan fingerprint density at radius 2 is 2.54 bits per heavy atom. The smallest absolute Gasteiger partial charge is 0.236 e. The molecule has 1 aliphatic rings. The van der Waals surface area contributed by atoms with Crippen molar-refractivity contribution in [3.63, 3.8) is 0 Å². The summed E-state index contributed by atoms with van der Waals surface area (Å²) in [6.45, 7) is 3.18. The molecule has 0 aliphatic carbocycles. The number of alkyl halides is 1. The number of hydrogen-bond donors (Lipinski definition) is 1. The highest BCUT2D eigenvalue weighted by Crippen LogP contribution is 2.21. The van der Waals surface area contributed by atoms with E-state index in [0.29, 0.717) is 13.1 Å². The third kappa shape index (κ3) is 1.48. The van der Waals surface area contributed by atoms with E-state index in [-0.39, 0.29) is 10.7 Å². The maximum Gasteiger partial charge on any atom is 0.236 e. The molecule has 70 valence electrons. The Morgan fingerprint density at radius 3 is 3.15 bits per heavy atom. The maximum atomic E-state index is 11.6. The Kier molecular flexibility index (Phi) is 2.11. The minimum absolute atomic E-state index is 0.107. The van der Waals surface area contributed by atoms with Gasteiger partial charge in [0.25, 0.3) is 0 Å². The molecular weight excluding hydrogens is 234 g/mol. The molecule has 4 nitrogen and oxygen atoms in total. The first-order valence-electron chi connectivity index (χ1n) is 4.12. The lowest BCUT2D eigenvalue weighted by Crippen LogP contribution is -2.31. The Labute approximate surface area is 84.4 Å². The highest BCUT2D eigenvalue weighted by Gasteiger charge is 2.26. The van der Waals surface area contributed by atoms with Gasteiger partial charge in [-0.05, 0) is 6.92 Å². The molecule has 0 radical (unpaired) electrons. The number of H-pyrrole nitrogens is 1. The van der Waals surface area contributed by atoms with Crippen LogP contribution in [0.25, 0.3) is 0 Å². The molecule has 13 heavy (non-hydrogen) atoms. The number of fused-ring (bicyclic) bond motifs is 1. The standard InChI is InChI=1S/C8H10BrN3O/c1-5(9)8(13)12-3-6-2-10-11-7(6)4-12/h2,5H,3-4H2,1H3,(H,10,11). The Morgan fingerprint density at radius 1 is 1.77 bits per heavy atom. The van der Waals surface area contributed by atoms with E-state index in [1.165, 1.54) is 0 Å². The first-order chi connectivity index (χ1) is 6.18. The normalized spacial score (nSPS) is 17.2. The lowest BCUT2D eigenvalue weighted by atomic mass is 10.3. The zero-order valence-electron chi connectivity index (χ0n) is 7.25. The van der Waals surface area contributed by atoms with E-state index in [9.17, 15) is 4.79 Å². The van der Waals surface area contributed by atoms with E-state index in [4.69, 9.17) is 0 Å². The summed E-state index contributed by atoms with van der Waals surface area (Å²) < 4.78 is 0. The molecule has 1 aromatic heterocycles. The summed E-state index contributed by atoms with van der Waals surface area (Å²) in [4.78, 5) is 13.3. The number of nitrogens with one attached hydrogen (secondary N) is 1. The summed E-state index contributed by atoms with van der Waals surface area (Å²) in [5.74, 6) is 0.129. The SMILES string of the molecule is CC(Br)C(=O)N1Cc2cn[nH]c2C1. The molecular formula is C8H10BrN3O. The summed E-state index contributed by atoms with van der Waals surface area (Å²) in [6.07, 6.45) is 1.78. The molecule has 1 N–H and O–H groups in total. The fourth-order valence-electron chi connectivity index (χ4n) is 1.47. The van der Waals surface area contributed by atoms with E-state index in [1.54, 1.807) is 6.20 Å². The van der Waals surface area contributed by atoms with Crippen molar-refractivity contribution in [3.8, 4) is 0 Å². The summed E-state index contributed by atoms with van der Waals surface area (Å²) >= 11 is 3.27. The molecule has 2 heterocycles. The molecule has 0 aromatic carbocycles. The number of hydrogen-bond acceptors (Lipinski definition) is 2. The van der Waals surface area contributed by atoms with Crippen LogP contribution >= 0.6 is 15.9 Å². The molecule has 0 fully saturated rings. The number of halogens is 1. The first kappa shape index (κ1) is 8.74. The van der Waals surface area contributed by atoms with Crippen LogP contribution < -0.4 is 0 Å². The maximum absolute atomic E-state index is 11.6. The van der Waals surface area contributed by atoms with Gasteiger partial charge < -0.3 is 4.90 Å². The third-order valence-electron chi connectivity index (χ3n) is 2.17. The van der Waals surface area contributed by atoms with Crippen LogP contribution in [0, 0.1) is 0 Å². The average Bonchev–Trinajstić information content (AvgIpc) is 2.59. The Bertz CT molecular complexity index is 313. The van der Waals surface area contributed by atoms with Crippen molar-refractivity contribution in [3.05, 3.63) is 17.5 Å². The van der Waals surface area contributed by atoms with Gasteiger partial charge in [-0.25, -0.2) is 0 Å². The Hall–Kier alpha value is -0.840. The molecule has 1 amide bonds. The molecule has 0 bridgehead atoms. The predicted molar refractivity (Wildman–Crippen MR) is 51.2 cm³/mol. The molecule has 0 saturated carbocycles. The second-order valence-electron chi connectivity index (χ2n) is 3.18. The molecule has 5 heteroatoms. The van der Waals surface area contributed by atoms with Gasteiger partial charge >= 0.3 is 0 Å². The van der Waals surface area contributed by atoms with Crippen LogP contribution in [0.3, 0.4) is 0 Å². The minimum Gasteiger partial charge on any atom is -0.331 e. The highest BCUT2D eigenvalue weighted by atomic mass is 79.9. The van der Waals surface area contributed by atoms with Crippen LogP contribution in [-0.4, -0.2) is 25.8 Å². The van der Waals surface area contributed by atoms with Gasteiger partial charge in [0.05, 0.1) is 23.3 Å². The van der Waals surface area contributed by atoms with Crippen molar-refractivity contribution in [2.75, 3.05) is 0 Å². The molecule has 0 saturated heterocycles. The largest absolute Gasteiger partial charge is 0.331 e. The molecule has 1 aromatic rings. The lowest BCUT2D eigenvalue weighted by molar-refractivity contribution is -0.130. The topological polar surface area (TPSA) is 49.0 Å². The molecule has 1 unspecified atom stereocenters. The van der Waals surface area contributed by atoms with Crippen LogP contribution in [0.5, 0.6) is 0 Å². The number of nitrogens with zero attached hydrogens (tertiary/aromatic N) is 2. The van der Waals surface area contributed by atoms with Crippen molar-refractivity contribution < 1.29 is 4.79 Å². The second kappa shape index (κ2) is 3.14. The van der Waals surface area contributed by atoms with Gasteiger partial charge in [0.1, 0.15) is 0 Å². The molecule has 0 spiro atoms. The van der Waals surface area contributed by atoms with E-state index in [2.05, 4.69) is 26.1 Å². The number of carbonyl (C=O) groups excluding carboxylic acids is 1. The van der Waals surface area contributed by atoms with Gasteiger partial charge in [0, 0.05) is 12.1 Å². The van der Waals surface area contributed by atoms with Gasteiger partial charge in [-0.3, -0.25) is 9.89 Å². The highest BCUT2D eigenvalue weighted by molar-refractivity contribution is 9.10. The molecule has 1 atom stereocenters. The van der Waals surface area contributed by atoms with Crippen molar-refractivity contribution >= 4 is 21.8 Å². The van der Waals surface area contributed by atoms with Crippen molar-refractivity contribution in [2.45, 2.75) is 24.8 Å². The van der Waals surface area contributed by atoms with Gasteiger partial charge in [0.15, 0.2) is 0 Å². The van der Waals surface area contributed by atoms with Crippen LogP contribution in [0.2, 0.25) is 0 Å². The number of rotatable bonds is 1. The van der Waals surface area contributed by atoms with E-state index in [1.807, 2.05) is 11.8 Å². The van der Waals surface area contributed by atoms with E-state index >= 15 is 0 Å². The van der Waals surface area contributed by atoms with Crippen LogP contribution in [0.15, 0.2) is 6.20 Å². The lowest BCUT2D eigenvalue weighted by Gasteiger charge is -2.16. The number of carbonyl (C=O) groups is 1.